The molecule has 3 heteroatoms. The van der Waals surface area contributed by atoms with Crippen LogP contribution in [0.15, 0.2) is 0 Å². The lowest BCUT2D eigenvalue weighted by atomic mass is 10.2. The Morgan fingerprint density at radius 1 is 1.62 bits per heavy atom. The molecule has 3 nitrogen and oxygen atoms in total. The van der Waals surface area contributed by atoms with Crippen molar-refractivity contribution >= 4 is 0 Å². The molecule has 1 radical (unpaired) electrons. The molecular weight excluding hydrogens is 106 g/mol. The van der Waals surface area contributed by atoms with Gasteiger partial charge in [-0.25, -0.2) is 5.32 Å². The van der Waals surface area contributed by atoms with Crippen LogP contribution < -0.4 is 5.32 Å². The lowest BCUT2D eigenvalue weighted by molar-refractivity contribution is -0.00106. The van der Waals surface area contributed by atoms with E-state index in [0.717, 1.165) is 13.1 Å². The van der Waals surface area contributed by atoms with E-state index in [1.165, 1.54) is 0 Å². The summed E-state index contributed by atoms with van der Waals surface area (Å²) in [6.07, 6.45) is 0.308. The van der Waals surface area contributed by atoms with Crippen molar-refractivity contribution < 1.29 is 9.84 Å². The van der Waals surface area contributed by atoms with E-state index in [4.69, 9.17) is 9.84 Å². The maximum atomic E-state index is 8.28. The first-order valence-electron chi connectivity index (χ1n) is 2.79. The fourth-order valence-corrected chi connectivity index (χ4v) is 0.559. The van der Waals surface area contributed by atoms with E-state index >= 15 is 0 Å². The second-order valence-corrected chi connectivity index (χ2v) is 1.81. The Kier molecular flexibility index (Phi) is 2.27. The number of aliphatic hydroxyl groups is 1. The van der Waals surface area contributed by atoms with Gasteiger partial charge in [0.05, 0.1) is 19.3 Å². The van der Waals surface area contributed by atoms with Crippen molar-refractivity contribution in [3.63, 3.8) is 0 Å². The lowest BCUT2D eigenvalue weighted by Gasteiger charge is -2.24. The highest BCUT2D eigenvalue weighted by atomic mass is 16.5. The predicted octanol–water partition coefficient (Wildman–Crippen LogP) is -1.02. The molecule has 8 heavy (non-hydrogen) atoms. The molecule has 1 aliphatic heterocycles. The van der Waals surface area contributed by atoms with Gasteiger partial charge in [0.1, 0.15) is 0 Å². The first kappa shape index (κ1) is 6.01. The van der Waals surface area contributed by atoms with Crippen molar-refractivity contribution in [2.75, 3.05) is 26.3 Å². The van der Waals surface area contributed by atoms with E-state index < -0.39 is 0 Å². The van der Waals surface area contributed by atoms with Gasteiger partial charge < -0.3 is 9.84 Å². The zero-order valence-corrected chi connectivity index (χ0v) is 4.71. The van der Waals surface area contributed by atoms with Crippen LogP contribution in [0.4, 0.5) is 0 Å². The third kappa shape index (κ3) is 1.43. The highest BCUT2D eigenvalue weighted by Crippen LogP contribution is 1.98. The summed E-state index contributed by atoms with van der Waals surface area (Å²) in [6, 6.07) is 0. The summed E-state index contributed by atoms with van der Waals surface area (Å²) in [6.45, 7) is 2.22. The molecular formula is C5H10NO2. The number of ether oxygens (including phenoxy) is 1. The Bertz CT molecular complexity index is 63.4. The monoisotopic (exact) mass is 116 g/mol. The summed E-state index contributed by atoms with van der Waals surface area (Å²) in [5.41, 5.74) is 0. The smallest absolute Gasteiger partial charge is 0.0858 e. The van der Waals surface area contributed by atoms with Gasteiger partial charge in [-0.05, 0) is 0 Å². The molecule has 1 N–H and O–H groups in total. The summed E-state index contributed by atoms with van der Waals surface area (Å²) in [4.78, 5) is 0. The minimum atomic E-state index is 0.122. The fraction of sp³-hybridized carbons (Fsp3) is 1.00. The quantitative estimate of drug-likeness (QED) is 0.513. The molecule has 1 aliphatic rings. The standard InChI is InChI=1S/C5H10NO2/c7-1-2-8-5-3-6-4-5/h5,7H,1-4H2. The second kappa shape index (κ2) is 3.02. The van der Waals surface area contributed by atoms with Crippen molar-refractivity contribution in [3.8, 4) is 0 Å². The molecule has 0 bridgehead atoms. The van der Waals surface area contributed by atoms with Gasteiger partial charge in [0.15, 0.2) is 0 Å². The third-order valence-corrected chi connectivity index (χ3v) is 1.11. The van der Waals surface area contributed by atoms with Crippen LogP contribution in [-0.2, 0) is 4.74 Å². The number of hydrogen-bond acceptors (Lipinski definition) is 2. The molecule has 0 aromatic heterocycles. The van der Waals surface area contributed by atoms with Gasteiger partial charge in [0.25, 0.3) is 0 Å². The van der Waals surface area contributed by atoms with Gasteiger partial charge in [-0.3, -0.25) is 0 Å². The fourth-order valence-electron chi connectivity index (χ4n) is 0.559. The van der Waals surface area contributed by atoms with Crippen LogP contribution in [0.2, 0.25) is 0 Å². The summed E-state index contributed by atoms with van der Waals surface area (Å²) in [7, 11) is 0. The first-order valence-corrected chi connectivity index (χ1v) is 2.79. The summed E-state index contributed by atoms with van der Waals surface area (Å²) in [5, 5.41) is 12.2. The van der Waals surface area contributed by atoms with E-state index in [2.05, 4.69) is 5.32 Å². The maximum absolute atomic E-state index is 8.28. The van der Waals surface area contributed by atoms with Crippen molar-refractivity contribution in [2.24, 2.45) is 0 Å². The van der Waals surface area contributed by atoms with Crippen LogP contribution in [0.3, 0.4) is 0 Å². The van der Waals surface area contributed by atoms with Gasteiger partial charge in [-0.1, -0.05) is 0 Å². The van der Waals surface area contributed by atoms with Gasteiger partial charge >= 0.3 is 0 Å². The molecule has 0 aliphatic carbocycles. The molecule has 1 heterocycles. The highest BCUT2D eigenvalue weighted by Gasteiger charge is 2.17. The molecule has 0 saturated carbocycles. The van der Waals surface area contributed by atoms with E-state index in [1.54, 1.807) is 0 Å². The van der Waals surface area contributed by atoms with Crippen molar-refractivity contribution in [3.05, 3.63) is 0 Å². The Morgan fingerprint density at radius 3 is 2.75 bits per heavy atom. The van der Waals surface area contributed by atoms with Crippen LogP contribution >= 0.6 is 0 Å². The largest absolute Gasteiger partial charge is 0.394 e. The normalized spacial score (nSPS) is 20.6. The van der Waals surface area contributed by atoms with E-state index in [-0.39, 0.29) is 6.61 Å². The predicted molar refractivity (Wildman–Crippen MR) is 28.7 cm³/mol. The molecule has 0 unspecified atom stereocenters. The zero-order valence-electron chi connectivity index (χ0n) is 4.71. The third-order valence-electron chi connectivity index (χ3n) is 1.11. The second-order valence-electron chi connectivity index (χ2n) is 1.81. The Morgan fingerprint density at radius 2 is 2.38 bits per heavy atom. The molecule has 47 valence electrons. The minimum Gasteiger partial charge on any atom is -0.394 e. The summed E-state index contributed by atoms with van der Waals surface area (Å²) < 4.78 is 5.08. The summed E-state index contributed by atoms with van der Waals surface area (Å²) in [5.74, 6) is 0. The Labute approximate surface area is 48.7 Å². The van der Waals surface area contributed by atoms with Crippen LogP contribution in [0.1, 0.15) is 0 Å². The molecule has 0 aromatic carbocycles. The molecule has 0 spiro atoms. The SMILES string of the molecule is OCCOC1C[N]C1. The number of rotatable bonds is 3. The van der Waals surface area contributed by atoms with Gasteiger partial charge in [-0.2, -0.15) is 0 Å². The van der Waals surface area contributed by atoms with Crippen LogP contribution in [0.5, 0.6) is 0 Å². The van der Waals surface area contributed by atoms with Crippen LogP contribution in [0.25, 0.3) is 0 Å². The van der Waals surface area contributed by atoms with Crippen LogP contribution in [0, 0.1) is 0 Å². The lowest BCUT2D eigenvalue weighted by Crippen LogP contribution is -2.43. The van der Waals surface area contributed by atoms with Gasteiger partial charge in [0.2, 0.25) is 0 Å². The number of aliphatic hydroxyl groups excluding tert-OH is 1. The Hall–Kier alpha value is -0.120. The average molecular weight is 116 g/mol. The molecule has 0 aromatic rings. The molecule has 0 atom stereocenters. The van der Waals surface area contributed by atoms with Gasteiger partial charge in [0, 0.05) is 13.1 Å². The highest BCUT2D eigenvalue weighted by molar-refractivity contribution is 4.73. The van der Waals surface area contributed by atoms with Crippen LogP contribution in [-0.4, -0.2) is 37.5 Å². The average Bonchev–Trinajstić information content (AvgIpc) is 1.63. The van der Waals surface area contributed by atoms with E-state index in [0.29, 0.717) is 12.7 Å². The number of nitrogens with zero attached hydrogens (tertiary/aromatic N) is 1. The first-order chi connectivity index (χ1) is 3.93. The molecule has 0 amide bonds. The summed E-state index contributed by atoms with van der Waals surface area (Å²) >= 11 is 0. The maximum Gasteiger partial charge on any atom is 0.0858 e. The molecule has 1 fully saturated rings. The van der Waals surface area contributed by atoms with Crippen molar-refractivity contribution in [2.45, 2.75) is 6.10 Å². The van der Waals surface area contributed by atoms with Crippen molar-refractivity contribution in [1.82, 2.24) is 5.32 Å². The Balaban J connectivity index is 1.86. The minimum absolute atomic E-state index is 0.122. The van der Waals surface area contributed by atoms with Gasteiger partial charge in [-0.15, -0.1) is 0 Å². The molecule has 1 rings (SSSR count). The molecule has 1 saturated heterocycles. The van der Waals surface area contributed by atoms with Crippen molar-refractivity contribution in [1.29, 1.82) is 0 Å². The zero-order chi connectivity index (χ0) is 5.82. The van der Waals surface area contributed by atoms with E-state index in [9.17, 15) is 0 Å². The topological polar surface area (TPSA) is 43.6 Å². The number of hydrogen-bond donors (Lipinski definition) is 1. The van der Waals surface area contributed by atoms with E-state index in [1.807, 2.05) is 0 Å².